The number of sulfonamides is 1. The molecule has 0 aliphatic rings. The molecule has 0 radical (unpaired) electrons. The Labute approximate surface area is 186 Å². The van der Waals surface area contributed by atoms with Crippen LogP contribution < -0.4 is 15.4 Å². The molecular formula is C23H23N3O5S. The number of rotatable bonds is 9. The van der Waals surface area contributed by atoms with Crippen molar-refractivity contribution in [3.63, 3.8) is 0 Å². The van der Waals surface area contributed by atoms with Crippen molar-refractivity contribution in [1.29, 1.82) is 0 Å². The molecule has 0 aliphatic heterocycles. The molecule has 0 heterocycles. The van der Waals surface area contributed by atoms with Gasteiger partial charge in [-0.25, -0.2) is 8.42 Å². The van der Waals surface area contributed by atoms with Gasteiger partial charge in [0.1, 0.15) is 0 Å². The van der Waals surface area contributed by atoms with Crippen molar-refractivity contribution in [2.45, 2.75) is 4.90 Å². The number of para-hydroxylation sites is 1. The highest BCUT2D eigenvalue weighted by atomic mass is 32.2. The van der Waals surface area contributed by atoms with Crippen molar-refractivity contribution in [2.24, 2.45) is 0 Å². The van der Waals surface area contributed by atoms with Crippen LogP contribution in [-0.4, -0.2) is 40.5 Å². The number of nitrogens with one attached hydrogen (secondary N) is 3. The number of carbonyl (C=O) groups excluding carboxylic acids is 2. The van der Waals surface area contributed by atoms with Crippen LogP contribution in [0.4, 0.5) is 11.4 Å². The molecule has 0 fully saturated rings. The van der Waals surface area contributed by atoms with Crippen molar-refractivity contribution in [3.8, 4) is 0 Å². The zero-order valence-corrected chi connectivity index (χ0v) is 18.2. The average molecular weight is 454 g/mol. The monoisotopic (exact) mass is 453 g/mol. The molecule has 32 heavy (non-hydrogen) atoms. The zero-order chi connectivity index (χ0) is 23.0. The van der Waals surface area contributed by atoms with E-state index in [2.05, 4.69) is 15.4 Å². The van der Waals surface area contributed by atoms with E-state index in [-0.39, 0.29) is 10.8 Å². The van der Waals surface area contributed by atoms with Crippen LogP contribution in [0.3, 0.4) is 0 Å². The minimum absolute atomic E-state index is 0.141. The molecule has 2 amide bonds. The van der Waals surface area contributed by atoms with Crippen LogP contribution in [0.5, 0.6) is 0 Å². The van der Waals surface area contributed by atoms with Gasteiger partial charge in [0, 0.05) is 24.9 Å². The van der Waals surface area contributed by atoms with Gasteiger partial charge in [-0.1, -0.05) is 30.3 Å². The molecule has 0 unspecified atom stereocenters. The summed E-state index contributed by atoms with van der Waals surface area (Å²) in [4.78, 5) is 25.2. The van der Waals surface area contributed by atoms with Crippen molar-refractivity contribution >= 4 is 33.2 Å². The lowest BCUT2D eigenvalue weighted by molar-refractivity contribution is 0.0938. The fourth-order valence-corrected chi connectivity index (χ4v) is 3.93. The molecule has 3 aromatic rings. The zero-order valence-electron chi connectivity index (χ0n) is 17.4. The van der Waals surface area contributed by atoms with Crippen LogP contribution in [0.1, 0.15) is 20.7 Å². The first-order valence-electron chi connectivity index (χ1n) is 9.76. The van der Waals surface area contributed by atoms with E-state index in [0.29, 0.717) is 35.7 Å². The highest BCUT2D eigenvalue weighted by Gasteiger charge is 2.16. The highest BCUT2D eigenvalue weighted by Crippen LogP contribution is 2.19. The Morgan fingerprint density at radius 2 is 1.50 bits per heavy atom. The van der Waals surface area contributed by atoms with Crippen molar-refractivity contribution < 1.29 is 22.7 Å². The molecule has 0 atom stereocenters. The van der Waals surface area contributed by atoms with Crippen LogP contribution >= 0.6 is 0 Å². The van der Waals surface area contributed by atoms with Crippen LogP contribution in [0.15, 0.2) is 83.8 Å². The predicted octanol–water partition coefficient (Wildman–Crippen LogP) is 3.12. The summed E-state index contributed by atoms with van der Waals surface area (Å²) in [5.74, 6) is -0.761. The smallest absolute Gasteiger partial charge is 0.261 e. The lowest BCUT2D eigenvalue weighted by atomic mass is 10.1. The molecule has 0 aliphatic carbocycles. The molecule has 3 aromatic carbocycles. The Morgan fingerprint density at radius 1 is 0.844 bits per heavy atom. The number of carbonyl (C=O) groups is 2. The quantitative estimate of drug-likeness (QED) is 0.431. The molecule has 166 valence electrons. The summed E-state index contributed by atoms with van der Waals surface area (Å²) < 4.78 is 32.2. The fourth-order valence-electron chi connectivity index (χ4n) is 2.85. The van der Waals surface area contributed by atoms with Gasteiger partial charge in [-0.2, -0.15) is 0 Å². The number of amides is 2. The fraction of sp³-hybridized carbons (Fsp3) is 0.130. The molecule has 3 rings (SSSR count). The maximum Gasteiger partial charge on any atom is 0.261 e. The molecule has 9 heteroatoms. The van der Waals surface area contributed by atoms with Gasteiger partial charge in [0.2, 0.25) is 0 Å². The molecule has 0 saturated heterocycles. The normalized spacial score (nSPS) is 10.9. The number of benzene rings is 3. The molecule has 0 aromatic heterocycles. The largest absolute Gasteiger partial charge is 0.383 e. The van der Waals surface area contributed by atoms with Gasteiger partial charge < -0.3 is 15.4 Å². The van der Waals surface area contributed by atoms with Crippen LogP contribution in [-0.2, 0) is 14.8 Å². The Morgan fingerprint density at radius 3 is 2.19 bits per heavy atom. The Balaban J connectivity index is 1.69. The van der Waals surface area contributed by atoms with Gasteiger partial charge in [-0.3, -0.25) is 14.3 Å². The SMILES string of the molecule is COCCNC(=O)c1ccccc1NC(=O)c1ccc(NS(=O)(=O)c2ccccc2)cc1. The summed E-state index contributed by atoms with van der Waals surface area (Å²) in [7, 11) is -2.18. The number of hydrogen-bond donors (Lipinski definition) is 3. The third-order valence-electron chi connectivity index (χ3n) is 4.46. The Hall–Kier alpha value is -3.69. The number of hydrogen-bond acceptors (Lipinski definition) is 5. The summed E-state index contributed by atoms with van der Waals surface area (Å²) in [6.07, 6.45) is 0. The highest BCUT2D eigenvalue weighted by molar-refractivity contribution is 7.92. The van der Waals surface area contributed by atoms with E-state index in [1.165, 1.54) is 43.5 Å². The van der Waals surface area contributed by atoms with Crippen molar-refractivity contribution in [1.82, 2.24) is 5.32 Å². The van der Waals surface area contributed by atoms with Gasteiger partial charge in [-0.15, -0.1) is 0 Å². The summed E-state index contributed by atoms with van der Waals surface area (Å²) in [6, 6.07) is 20.6. The maximum absolute atomic E-state index is 12.7. The second-order valence-electron chi connectivity index (χ2n) is 6.74. The second-order valence-corrected chi connectivity index (χ2v) is 8.43. The van der Waals surface area contributed by atoms with Crippen molar-refractivity contribution in [2.75, 3.05) is 30.3 Å². The van der Waals surface area contributed by atoms with Crippen LogP contribution in [0, 0.1) is 0 Å². The second kappa shape index (κ2) is 10.6. The van der Waals surface area contributed by atoms with E-state index in [1.54, 1.807) is 42.5 Å². The topological polar surface area (TPSA) is 114 Å². The summed E-state index contributed by atoms with van der Waals surface area (Å²) in [6.45, 7) is 0.721. The van der Waals surface area contributed by atoms with Gasteiger partial charge in [-0.05, 0) is 48.5 Å². The first-order valence-corrected chi connectivity index (χ1v) is 11.2. The Bertz CT molecular complexity index is 1180. The first-order chi connectivity index (χ1) is 15.4. The minimum Gasteiger partial charge on any atom is -0.383 e. The van der Waals surface area contributed by atoms with E-state index >= 15 is 0 Å². The lowest BCUT2D eigenvalue weighted by Gasteiger charge is -2.12. The molecular weight excluding hydrogens is 430 g/mol. The predicted molar refractivity (Wildman–Crippen MR) is 122 cm³/mol. The molecule has 3 N–H and O–H groups in total. The van der Waals surface area contributed by atoms with Crippen LogP contribution in [0.2, 0.25) is 0 Å². The van der Waals surface area contributed by atoms with Gasteiger partial charge in [0.05, 0.1) is 22.8 Å². The van der Waals surface area contributed by atoms with E-state index < -0.39 is 15.9 Å². The minimum atomic E-state index is -3.72. The van der Waals surface area contributed by atoms with E-state index in [9.17, 15) is 18.0 Å². The molecule has 0 spiro atoms. The average Bonchev–Trinajstić information content (AvgIpc) is 2.80. The van der Waals surface area contributed by atoms with E-state index in [0.717, 1.165) is 0 Å². The lowest BCUT2D eigenvalue weighted by Crippen LogP contribution is -2.28. The molecule has 0 bridgehead atoms. The summed E-state index contributed by atoms with van der Waals surface area (Å²) in [5, 5.41) is 5.44. The van der Waals surface area contributed by atoms with Crippen LogP contribution in [0.25, 0.3) is 0 Å². The maximum atomic E-state index is 12.7. The van der Waals surface area contributed by atoms with Gasteiger partial charge in [0.25, 0.3) is 21.8 Å². The van der Waals surface area contributed by atoms with Crippen molar-refractivity contribution in [3.05, 3.63) is 90.0 Å². The number of methoxy groups -OCH3 is 1. The Kier molecular flexibility index (Phi) is 7.58. The summed E-state index contributed by atoms with van der Waals surface area (Å²) in [5.41, 5.74) is 1.32. The third-order valence-corrected chi connectivity index (χ3v) is 5.86. The molecule has 8 nitrogen and oxygen atoms in total. The third kappa shape index (κ3) is 5.93. The van der Waals surface area contributed by atoms with E-state index in [1.807, 2.05) is 0 Å². The molecule has 0 saturated carbocycles. The van der Waals surface area contributed by atoms with Gasteiger partial charge >= 0.3 is 0 Å². The number of ether oxygens (including phenoxy) is 1. The van der Waals surface area contributed by atoms with Gasteiger partial charge in [0.15, 0.2) is 0 Å². The number of anilines is 2. The summed E-state index contributed by atoms with van der Waals surface area (Å²) >= 11 is 0. The first kappa shape index (κ1) is 23.0. The standard InChI is InChI=1S/C23H23N3O5S/c1-31-16-15-24-23(28)20-9-5-6-10-21(20)25-22(27)17-11-13-18(14-12-17)26-32(29,30)19-7-3-2-4-8-19/h2-14,26H,15-16H2,1H3,(H,24,28)(H,25,27). The van der Waals surface area contributed by atoms with E-state index in [4.69, 9.17) is 4.74 Å².